The molecule has 0 saturated carbocycles. The minimum Gasteiger partial charge on any atom is -0.115 e. The van der Waals surface area contributed by atoms with Gasteiger partial charge in [0.05, 0.1) is 0 Å². The summed E-state index contributed by atoms with van der Waals surface area (Å²) in [5, 5.41) is 0. The Morgan fingerprint density at radius 2 is 1.00 bits per heavy atom. The SMILES string of the molecule is C=C.SS. The van der Waals surface area contributed by atoms with Crippen molar-refractivity contribution in [2.45, 2.75) is 0 Å². The van der Waals surface area contributed by atoms with Crippen molar-refractivity contribution in [2.75, 3.05) is 0 Å². The van der Waals surface area contributed by atoms with Gasteiger partial charge in [-0.15, -0.1) is 36.5 Å². The van der Waals surface area contributed by atoms with Crippen LogP contribution < -0.4 is 0 Å². The second-order valence-corrected chi connectivity index (χ2v) is 0. The second kappa shape index (κ2) is 106. The van der Waals surface area contributed by atoms with Crippen molar-refractivity contribution in [1.82, 2.24) is 0 Å². The molecule has 0 spiro atoms. The highest BCUT2D eigenvalue weighted by Gasteiger charge is 0.885. The molecule has 4 heavy (non-hydrogen) atoms. The molecule has 0 fully saturated rings. The summed E-state index contributed by atoms with van der Waals surface area (Å²) in [7, 11) is 0. The zero-order valence-corrected chi connectivity index (χ0v) is 4.10. The van der Waals surface area contributed by atoms with Gasteiger partial charge in [-0.3, -0.25) is 0 Å². The van der Waals surface area contributed by atoms with Crippen LogP contribution in [-0.2, 0) is 0 Å². The van der Waals surface area contributed by atoms with Gasteiger partial charge in [-0.2, -0.15) is 0 Å². The second-order valence-electron chi connectivity index (χ2n) is 0. The third-order valence-electron chi connectivity index (χ3n) is 0. The van der Waals surface area contributed by atoms with Gasteiger partial charge < -0.3 is 0 Å². The van der Waals surface area contributed by atoms with Crippen LogP contribution >= 0.6 is 23.3 Å². The van der Waals surface area contributed by atoms with Crippen LogP contribution in [0.2, 0.25) is 0 Å². The molecule has 0 aromatic heterocycles. The van der Waals surface area contributed by atoms with Gasteiger partial charge in [-0.1, -0.05) is 0 Å². The molecular formula is C2H6S2. The zero-order chi connectivity index (χ0) is 4.00. The van der Waals surface area contributed by atoms with E-state index in [0.717, 1.165) is 0 Å². The van der Waals surface area contributed by atoms with E-state index in [1.165, 1.54) is 0 Å². The first-order chi connectivity index (χ1) is 2.00. The summed E-state index contributed by atoms with van der Waals surface area (Å²) in [6.07, 6.45) is 0. The molecule has 26 valence electrons. The molecule has 0 aromatic rings. The lowest BCUT2D eigenvalue weighted by molar-refractivity contribution is 2.81. The first-order valence-corrected chi connectivity index (χ1v) is 2.30. The lowest BCUT2D eigenvalue weighted by Gasteiger charge is -1.11. The molecule has 0 bridgehead atoms. The maximum atomic E-state index is 3.22. The predicted molar refractivity (Wildman–Crippen MR) is 29.2 cm³/mol. The van der Waals surface area contributed by atoms with Crippen molar-refractivity contribution in [3.8, 4) is 0 Å². The quantitative estimate of drug-likeness (QED) is 0.254. The lowest BCUT2D eigenvalue weighted by Crippen LogP contribution is -0.552. The first kappa shape index (κ1) is 8.83. The number of rotatable bonds is 0. The fraction of sp³-hybridized carbons (Fsp3) is 0. The van der Waals surface area contributed by atoms with E-state index in [0.29, 0.717) is 0 Å². The van der Waals surface area contributed by atoms with Gasteiger partial charge in [-0.05, 0) is 0 Å². The largest absolute Gasteiger partial charge is 0.115 e. The van der Waals surface area contributed by atoms with Crippen LogP contribution in [0.1, 0.15) is 0 Å². The Morgan fingerprint density at radius 3 is 1.00 bits per heavy atom. The van der Waals surface area contributed by atoms with E-state index < -0.39 is 0 Å². The maximum Gasteiger partial charge on any atom is -0.106 e. The van der Waals surface area contributed by atoms with Gasteiger partial charge in [0.1, 0.15) is 0 Å². The molecule has 0 rings (SSSR count). The molecule has 2 heteroatoms. The van der Waals surface area contributed by atoms with E-state index >= 15 is 0 Å². The minimum absolute atomic E-state index is 3.00. The van der Waals surface area contributed by atoms with Gasteiger partial charge in [0.15, 0.2) is 0 Å². The molecule has 0 atom stereocenters. The van der Waals surface area contributed by atoms with Crippen LogP contribution in [0.15, 0.2) is 13.2 Å². The minimum atomic E-state index is 3.00. The molecule has 0 saturated heterocycles. The monoisotopic (exact) mass is 94.0 g/mol. The van der Waals surface area contributed by atoms with E-state index in [1.807, 2.05) is 0 Å². The summed E-state index contributed by atoms with van der Waals surface area (Å²) >= 11 is 6.44. The molecule has 0 aromatic carbocycles. The summed E-state index contributed by atoms with van der Waals surface area (Å²) < 4.78 is 0. The highest BCUT2D eigenvalue weighted by molar-refractivity contribution is 8.59. The Morgan fingerprint density at radius 1 is 1.00 bits per heavy atom. The van der Waals surface area contributed by atoms with Crippen LogP contribution in [0.3, 0.4) is 0 Å². The normalized spacial score (nSPS) is 2.50. The zero-order valence-electron chi connectivity index (χ0n) is 2.31. The number of hydrogen-bond donors (Lipinski definition) is 2. The van der Waals surface area contributed by atoms with Gasteiger partial charge in [-0.25, -0.2) is 0 Å². The fourth-order valence-corrected chi connectivity index (χ4v) is 0. The van der Waals surface area contributed by atoms with Crippen LogP contribution in [0.4, 0.5) is 0 Å². The number of hydrogen-bond acceptors (Lipinski definition) is 2. The van der Waals surface area contributed by atoms with Gasteiger partial charge in [0.25, 0.3) is 0 Å². The fourth-order valence-electron chi connectivity index (χ4n) is 0. The van der Waals surface area contributed by atoms with Crippen LogP contribution in [-0.4, -0.2) is 0 Å². The van der Waals surface area contributed by atoms with E-state index in [1.54, 1.807) is 0 Å². The molecule has 0 nitrogen and oxygen atoms in total. The Balaban J connectivity index is 0. The standard InChI is InChI=1S/C2H4.H2S2/c2*1-2/h1-2H2;1-2H. The molecule has 0 N–H and O–H groups in total. The molecule has 0 radical (unpaired) electrons. The van der Waals surface area contributed by atoms with E-state index in [2.05, 4.69) is 36.5 Å². The summed E-state index contributed by atoms with van der Waals surface area (Å²) in [5.74, 6) is 0. The smallest absolute Gasteiger partial charge is 0.106 e. The molecule has 0 aliphatic carbocycles. The molecule has 0 aliphatic heterocycles. The average Bonchev–Trinajstić information content (AvgIpc) is 1.50. The predicted octanol–water partition coefficient (Wildman–Crippen LogP) is 1.56. The summed E-state index contributed by atoms with van der Waals surface area (Å²) in [5.41, 5.74) is 0. The molecular weight excluding hydrogens is 88.2 g/mol. The summed E-state index contributed by atoms with van der Waals surface area (Å²) in [4.78, 5) is 0. The van der Waals surface area contributed by atoms with Crippen molar-refractivity contribution < 1.29 is 0 Å². The average molecular weight is 94.2 g/mol. The van der Waals surface area contributed by atoms with E-state index in [4.69, 9.17) is 0 Å². The van der Waals surface area contributed by atoms with Crippen molar-refractivity contribution in [2.24, 2.45) is 0 Å². The Bertz CT molecular complexity index is 4.00. The van der Waals surface area contributed by atoms with Crippen LogP contribution in [0.5, 0.6) is 0 Å². The Labute approximate surface area is 37.1 Å². The van der Waals surface area contributed by atoms with Crippen LogP contribution in [0.25, 0.3) is 0 Å². The summed E-state index contributed by atoms with van der Waals surface area (Å²) in [6, 6.07) is 0. The molecule has 0 unspecified atom stereocenters. The van der Waals surface area contributed by atoms with Crippen molar-refractivity contribution in [1.29, 1.82) is 0 Å². The van der Waals surface area contributed by atoms with Crippen molar-refractivity contribution >= 4 is 23.3 Å². The van der Waals surface area contributed by atoms with E-state index in [9.17, 15) is 0 Å². The van der Waals surface area contributed by atoms with Crippen molar-refractivity contribution in [3.63, 3.8) is 0 Å². The third kappa shape index (κ3) is 26.1. The Hall–Kier alpha value is 0.440. The molecule has 0 heterocycles. The van der Waals surface area contributed by atoms with Crippen LogP contribution in [0, 0.1) is 0 Å². The maximum absolute atomic E-state index is 3.22. The van der Waals surface area contributed by atoms with Gasteiger partial charge in [0, 0.05) is 0 Å². The third-order valence-corrected chi connectivity index (χ3v) is 0. The summed E-state index contributed by atoms with van der Waals surface area (Å²) in [6.45, 7) is 6.00. The topological polar surface area (TPSA) is 0 Å². The van der Waals surface area contributed by atoms with Crippen molar-refractivity contribution in [3.05, 3.63) is 13.2 Å². The molecule has 0 aliphatic rings. The highest BCUT2D eigenvalue weighted by atomic mass is 33.1. The van der Waals surface area contributed by atoms with Gasteiger partial charge >= 0.3 is 0 Å². The highest BCUT2D eigenvalue weighted by Crippen LogP contribution is 1.65. The first-order valence-electron chi connectivity index (χ1n) is 0.700. The lowest BCUT2D eigenvalue weighted by atomic mass is 11.3. The van der Waals surface area contributed by atoms with Gasteiger partial charge in [0.2, 0.25) is 0 Å². The Kier molecular flexibility index (Phi) is 233. The van der Waals surface area contributed by atoms with E-state index in [-0.39, 0.29) is 0 Å². The molecule has 0 amide bonds. The number of thiol groups is 2.